The van der Waals surface area contributed by atoms with Gasteiger partial charge in [0.25, 0.3) is 0 Å². The molecule has 0 spiro atoms. The summed E-state index contributed by atoms with van der Waals surface area (Å²) in [6.45, 7) is 7.01. The summed E-state index contributed by atoms with van der Waals surface area (Å²) in [4.78, 5) is 0. The minimum atomic E-state index is -1.04. The van der Waals surface area contributed by atoms with Gasteiger partial charge in [0.2, 0.25) is 5.75 Å². The van der Waals surface area contributed by atoms with Crippen LogP contribution in [0.15, 0.2) is 78.9 Å². The maximum absolute atomic E-state index is 11.2. The van der Waals surface area contributed by atoms with Crippen molar-refractivity contribution < 1.29 is 30.6 Å². The van der Waals surface area contributed by atoms with Crippen molar-refractivity contribution in [2.75, 3.05) is 0 Å². The SMILES string of the molecule is Cc1cc(C(O)c2ccccc2C(C)(C)c2c(O)cc(O)c(O)c2O)c(C)cc1O.c1ccccc1. The minimum Gasteiger partial charge on any atom is -0.508 e. The van der Waals surface area contributed by atoms with Crippen LogP contribution in [0.1, 0.15) is 53.3 Å². The Morgan fingerprint density at radius 2 is 1.14 bits per heavy atom. The van der Waals surface area contributed by atoms with Gasteiger partial charge in [0, 0.05) is 17.0 Å². The van der Waals surface area contributed by atoms with Gasteiger partial charge in [-0.05, 0) is 53.8 Å². The predicted octanol–water partition coefficient (Wildman–Crippen LogP) is 5.93. The van der Waals surface area contributed by atoms with Crippen molar-refractivity contribution in [3.05, 3.63) is 112 Å². The molecule has 0 saturated heterocycles. The van der Waals surface area contributed by atoms with E-state index in [9.17, 15) is 30.6 Å². The van der Waals surface area contributed by atoms with Crippen LogP contribution < -0.4 is 0 Å². The molecule has 0 fully saturated rings. The van der Waals surface area contributed by atoms with Crippen LogP contribution in [-0.4, -0.2) is 30.6 Å². The molecule has 188 valence electrons. The van der Waals surface area contributed by atoms with Crippen LogP contribution in [0.25, 0.3) is 0 Å². The smallest absolute Gasteiger partial charge is 0.200 e. The van der Waals surface area contributed by atoms with Crippen LogP contribution in [0.5, 0.6) is 28.7 Å². The van der Waals surface area contributed by atoms with E-state index >= 15 is 0 Å². The second-order valence-electron chi connectivity index (χ2n) is 9.25. The number of hydrogen-bond acceptors (Lipinski definition) is 6. The highest BCUT2D eigenvalue weighted by molar-refractivity contribution is 5.64. The highest BCUT2D eigenvalue weighted by atomic mass is 16.3. The number of rotatable bonds is 4. The molecule has 0 amide bonds. The van der Waals surface area contributed by atoms with Crippen LogP contribution in [0.3, 0.4) is 0 Å². The lowest BCUT2D eigenvalue weighted by Gasteiger charge is -2.31. The Morgan fingerprint density at radius 3 is 1.72 bits per heavy atom. The average molecular weight is 489 g/mol. The van der Waals surface area contributed by atoms with Gasteiger partial charge in [-0.1, -0.05) is 74.5 Å². The standard InChI is InChI=1S/C24H26O6.C6H6/c1-12-10-17(25)13(2)9-15(12)21(28)14-7-5-6-8-16(14)24(3,4)20-18(26)11-19(27)22(29)23(20)30;1-2-4-6-5-3-1/h5-11,21,25-30H,1-4H3;1-6H. The number of benzene rings is 4. The molecule has 0 bridgehead atoms. The highest BCUT2D eigenvalue weighted by Crippen LogP contribution is 2.51. The maximum Gasteiger partial charge on any atom is 0.200 e. The predicted molar refractivity (Wildman–Crippen MR) is 140 cm³/mol. The van der Waals surface area contributed by atoms with Gasteiger partial charge in [-0.2, -0.15) is 0 Å². The zero-order valence-corrected chi connectivity index (χ0v) is 20.8. The summed E-state index contributed by atoms with van der Waals surface area (Å²) >= 11 is 0. The van der Waals surface area contributed by atoms with Crippen molar-refractivity contribution in [3.63, 3.8) is 0 Å². The van der Waals surface area contributed by atoms with Gasteiger partial charge in [0.1, 0.15) is 17.6 Å². The molecule has 4 aromatic carbocycles. The first kappa shape index (κ1) is 26.4. The first-order valence-electron chi connectivity index (χ1n) is 11.5. The van der Waals surface area contributed by atoms with E-state index in [4.69, 9.17) is 0 Å². The van der Waals surface area contributed by atoms with Crippen LogP contribution >= 0.6 is 0 Å². The van der Waals surface area contributed by atoms with E-state index in [1.807, 2.05) is 36.4 Å². The fourth-order valence-corrected chi connectivity index (χ4v) is 4.36. The molecular weight excluding hydrogens is 456 g/mol. The topological polar surface area (TPSA) is 121 Å². The lowest BCUT2D eigenvalue weighted by molar-refractivity contribution is 0.216. The Morgan fingerprint density at radius 1 is 0.583 bits per heavy atom. The van der Waals surface area contributed by atoms with Crippen molar-refractivity contribution in [3.8, 4) is 28.7 Å². The van der Waals surface area contributed by atoms with Crippen molar-refractivity contribution >= 4 is 0 Å². The average Bonchev–Trinajstić information content (AvgIpc) is 2.85. The molecule has 0 heterocycles. The molecule has 1 atom stereocenters. The summed E-state index contributed by atoms with van der Waals surface area (Å²) in [5.74, 6) is -2.22. The lowest BCUT2D eigenvalue weighted by atomic mass is 9.73. The van der Waals surface area contributed by atoms with Crippen molar-refractivity contribution in [2.24, 2.45) is 0 Å². The Labute approximate surface area is 211 Å². The molecule has 0 aromatic heterocycles. The zero-order valence-electron chi connectivity index (χ0n) is 20.8. The molecule has 0 aliphatic heterocycles. The maximum atomic E-state index is 11.2. The van der Waals surface area contributed by atoms with E-state index in [1.165, 1.54) is 0 Å². The molecule has 6 nitrogen and oxygen atoms in total. The van der Waals surface area contributed by atoms with E-state index in [0.29, 0.717) is 27.8 Å². The lowest BCUT2D eigenvalue weighted by Crippen LogP contribution is -2.23. The van der Waals surface area contributed by atoms with Gasteiger partial charge in [0.15, 0.2) is 11.5 Å². The third-order valence-electron chi connectivity index (χ3n) is 6.33. The van der Waals surface area contributed by atoms with Gasteiger partial charge >= 0.3 is 0 Å². The molecule has 0 aliphatic rings. The second-order valence-corrected chi connectivity index (χ2v) is 9.25. The number of phenolic OH excluding ortho intramolecular Hbond substituents is 5. The number of hydrogen-bond donors (Lipinski definition) is 6. The Hall–Kier alpha value is -4.16. The number of aliphatic hydroxyl groups is 1. The molecular formula is C30H32O6. The highest BCUT2D eigenvalue weighted by Gasteiger charge is 2.35. The fraction of sp³-hybridized carbons (Fsp3) is 0.200. The van der Waals surface area contributed by atoms with E-state index in [-0.39, 0.29) is 17.1 Å². The molecule has 36 heavy (non-hydrogen) atoms. The summed E-state index contributed by atoms with van der Waals surface area (Å²) in [5.41, 5.74) is 2.10. The fourth-order valence-electron chi connectivity index (χ4n) is 4.36. The largest absolute Gasteiger partial charge is 0.508 e. The molecule has 4 rings (SSSR count). The summed E-state index contributed by atoms with van der Waals surface area (Å²) in [6, 6.07) is 23.4. The quantitative estimate of drug-likeness (QED) is 0.157. The van der Waals surface area contributed by atoms with E-state index < -0.39 is 28.8 Å². The van der Waals surface area contributed by atoms with Crippen LogP contribution in [0.4, 0.5) is 0 Å². The second kappa shape index (κ2) is 10.6. The summed E-state index contributed by atoms with van der Waals surface area (Å²) in [7, 11) is 0. The number of aryl methyl sites for hydroxylation is 2. The number of aliphatic hydroxyl groups excluding tert-OH is 1. The third-order valence-corrected chi connectivity index (χ3v) is 6.33. The Bertz CT molecular complexity index is 1320. The molecule has 0 aliphatic carbocycles. The Balaban J connectivity index is 0.000000526. The summed E-state index contributed by atoms with van der Waals surface area (Å²) < 4.78 is 0. The minimum absolute atomic E-state index is 0.0241. The number of aromatic hydroxyl groups is 5. The first-order valence-corrected chi connectivity index (χ1v) is 11.5. The monoisotopic (exact) mass is 488 g/mol. The third kappa shape index (κ3) is 5.24. The van der Waals surface area contributed by atoms with Crippen molar-refractivity contribution in [1.29, 1.82) is 0 Å². The summed E-state index contributed by atoms with van der Waals surface area (Å²) in [6.07, 6.45) is -1.03. The first-order chi connectivity index (χ1) is 17.0. The number of phenols is 5. The van der Waals surface area contributed by atoms with Crippen LogP contribution in [0.2, 0.25) is 0 Å². The zero-order chi connectivity index (χ0) is 26.6. The van der Waals surface area contributed by atoms with Crippen LogP contribution in [0, 0.1) is 13.8 Å². The summed E-state index contributed by atoms with van der Waals surface area (Å²) in [5, 5.41) is 61.7. The Kier molecular flexibility index (Phi) is 7.80. The van der Waals surface area contributed by atoms with E-state index in [1.54, 1.807) is 64.1 Å². The van der Waals surface area contributed by atoms with E-state index in [2.05, 4.69) is 0 Å². The molecule has 0 radical (unpaired) electrons. The van der Waals surface area contributed by atoms with Crippen LogP contribution in [-0.2, 0) is 5.41 Å². The van der Waals surface area contributed by atoms with Crippen molar-refractivity contribution in [2.45, 2.75) is 39.2 Å². The van der Waals surface area contributed by atoms with Gasteiger partial charge in [-0.3, -0.25) is 0 Å². The molecule has 6 heteroatoms. The van der Waals surface area contributed by atoms with Gasteiger partial charge in [-0.25, -0.2) is 0 Å². The van der Waals surface area contributed by atoms with Crippen molar-refractivity contribution in [1.82, 2.24) is 0 Å². The van der Waals surface area contributed by atoms with Gasteiger partial charge < -0.3 is 30.6 Å². The van der Waals surface area contributed by atoms with Gasteiger partial charge in [-0.15, -0.1) is 0 Å². The molecule has 6 N–H and O–H groups in total. The normalized spacial score (nSPS) is 11.9. The molecule has 4 aromatic rings. The van der Waals surface area contributed by atoms with E-state index in [0.717, 1.165) is 6.07 Å². The molecule has 0 saturated carbocycles. The van der Waals surface area contributed by atoms with Gasteiger partial charge in [0.05, 0.1) is 0 Å². The molecule has 1 unspecified atom stereocenters.